The molecule has 3 nitrogen and oxygen atoms in total. The molecule has 0 fully saturated rings. The van der Waals surface area contributed by atoms with Gasteiger partial charge in [-0.2, -0.15) is 0 Å². The Balaban J connectivity index is 2.61. The Kier molecular flexibility index (Phi) is 1.45. The van der Waals surface area contributed by atoms with Crippen LogP contribution in [0.25, 0.3) is 21.9 Å². The fourth-order valence-corrected chi connectivity index (χ4v) is 1.87. The monoisotopic (exact) mass is 199 g/mol. The Hall–Kier alpha value is -2.16. The maximum atomic E-state index is 9.40. The number of hydrogen-bond donors (Lipinski definition) is 2. The van der Waals surface area contributed by atoms with Crippen molar-refractivity contribution in [1.82, 2.24) is 0 Å². The maximum absolute atomic E-state index is 9.40. The van der Waals surface area contributed by atoms with E-state index < -0.39 is 0 Å². The van der Waals surface area contributed by atoms with Gasteiger partial charge in [0, 0.05) is 23.2 Å². The average molecular weight is 199 g/mol. The van der Waals surface area contributed by atoms with Gasteiger partial charge in [-0.3, -0.25) is 0 Å². The van der Waals surface area contributed by atoms with Crippen LogP contribution in [0.1, 0.15) is 0 Å². The van der Waals surface area contributed by atoms with Gasteiger partial charge in [0.25, 0.3) is 0 Å². The molecule has 3 aromatic rings. The van der Waals surface area contributed by atoms with Gasteiger partial charge in [-0.05, 0) is 6.07 Å². The quantitative estimate of drug-likeness (QED) is 0.547. The number of benzene rings is 2. The van der Waals surface area contributed by atoms with Gasteiger partial charge in [0.05, 0.1) is 5.39 Å². The minimum Gasteiger partial charge on any atom is -0.508 e. The SMILES string of the molecule is Nc1cc(O)cc2oc3ccccc3c12. The van der Waals surface area contributed by atoms with E-state index in [0.29, 0.717) is 11.3 Å². The van der Waals surface area contributed by atoms with E-state index in [-0.39, 0.29) is 5.75 Å². The van der Waals surface area contributed by atoms with E-state index in [1.165, 1.54) is 6.07 Å². The topological polar surface area (TPSA) is 59.4 Å². The van der Waals surface area contributed by atoms with Crippen molar-refractivity contribution in [3.63, 3.8) is 0 Å². The van der Waals surface area contributed by atoms with E-state index in [1.54, 1.807) is 6.07 Å². The largest absolute Gasteiger partial charge is 0.508 e. The minimum absolute atomic E-state index is 0.124. The van der Waals surface area contributed by atoms with Gasteiger partial charge in [0.15, 0.2) is 0 Å². The van der Waals surface area contributed by atoms with E-state index in [9.17, 15) is 5.11 Å². The smallest absolute Gasteiger partial charge is 0.141 e. The van der Waals surface area contributed by atoms with E-state index in [1.807, 2.05) is 24.3 Å². The molecule has 0 radical (unpaired) electrons. The number of rotatable bonds is 0. The summed E-state index contributed by atoms with van der Waals surface area (Å²) in [6.07, 6.45) is 0. The van der Waals surface area contributed by atoms with Crippen LogP contribution in [0.5, 0.6) is 5.75 Å². The Labute approximate surface area is 85.7 Å². The van der Waals surface area contributed by atoms with Crippen LogP contribution < -0.4 is 5.73 Å². The van der Waals surface area contributed by atoms with Crippen LogP contribution in [0.15, 0.2) is 40.8 Å². The van der Waals surface area contributed by atoms with Gasteiger partial charge in [0.2, 0.25) is 0 Å². The maximum Gasteiger partial charge on any atom is 0.141 e. The van der Waals surface area contributed by atoms with Crippen LogP contribution in [0.3, 0.4) is 0 Å². The second kappa shape index (κ2) is 2.67. The lowest BCUT2D eigenvalue weighted by Gasteiger charge is -1.96. The van der Waals surface area contributed by atoms with Crippen molar-refractivity contribution in [2.75, 3.05) is 5.73 Å². The molecule has 74 valence electrons. The Morgan fingerprint density at radius 2 is 1.87 bits per heavy atom. The molecule has 0 saturated heterocycles. The summed E-state index contributed by atoms with van der Waals surface area (Å²) < 4.78 is 5.57. The summed E-state index contributed by atoms with van der Waals surface area (Å²) in [7, 11) is 0. The molecule has 0 aliphatic heterocycles. The van der Waals surface area contributed by atoms with Crippen LogP contribution in [-0.4, -0.2) is 5.11 Å². The summed E-state index contributed by atoms with van der Waals surface area (Å²) in [5, 5.41) is 11.2. The first-order valence-electron chi connectivity index (χ1n) is 4.65. The molecule has 0 atom stereocenters. The predicted octanol–water partition coefficient (Wildman–Crippen LogP) is 2.87. The van der Waals surface area contributed by atoms with Crippen molar-refractivity contribution < 1.29 is 9.52 Å². The third kappa shape index (κ3) is 1.06. The molecule has 0 amide bonds. The predicted molar refractivity (Wildman–Crippen MR) is 59.8 cm³/mol. The van der Waals surface area contributed by atoms with Crippen molar-refractivity contribution in [2.24, 2.45) is 0 Å². The third-order valence-corrected chi connectivity index (χ3v) is 2.49. The summed E-state index contributed by atoms with van der Waals surface area (Å²) in [4.78, 5) is 0. The Morgan fingerprint density at radius 3 is 2.73 bits per heavy atom. The molecule has 0 unspecified atom stereocenters. The number of para-hydroxylation sites is 1. The van der Waals surface area contributed by atoms with Crippen LogP contribution >= 0.6 is 0 Å². The van der Waals surface area contributed by atoms with Crippen LogP contribution in [0.2, 0.25) is 0 Å². The van der Waals surface area contributed by atoms with E-state index in [4.69, 9.17) is 10.2 Å². The first kappa shape index (κ1) is 8.17. The number of anilines is 1. The molecular weight excluding hydrogens is 190 g/mol. The Bertz CT molecular complexity index is 655. The van der Waals surface area contributed by atoms with Crippen LogP contribution in [-0.2, 0) is 0 Å². The lowest BCUT2D eigenvalue weighted by atomic mass is 10.1. The number of phenols is 1. The number of aromatic hydroxyl groups is 1. The number of fused-ring (bicyclic) bond motifs is 3. The normalized spacial score (nSPS) is 11.2. The number of hydrogen-bond acceptors (Lipinski definition) is 3. The van der Waals surface area contributed by atoms with E-state index >= 15 is 0 Å². The lowest BCUT2D eigenvalue weighted by molar-refractivity contribution is 0.475. The second-order valence-electron chi connectivity index (χ2n) is 3.51. The van der Waals surface area contributed by atoms with Gasteiger partial charge in [-0.1, -0.05) is 18.2 Å². The molecule has 0 aliphatic carbocycles. The molecular formula is C12H9NO2. The average Bonchev–Trinajstić information content (AvgIpc) is 2.54. The van der Waals surface area contributed by atoms with Gasteiger partial charge in [-0.15, -0.1) is 0 Å². The van der Waals surface area contributed by atoms with E-state index in [2.05, 4.69) is 0 Å². The van der Waals surface area contributed by atoms with Gasteiger partial charge < -0.3 is 15.3 Å². The fraction of sp³-hybridized carbons (Fsp3) is 0. The highest BCUT2D eigenvalue weighted by Crippen LogP contribution is 2.35. The van der Waals surface area contributed by atoms with Crippen molar-refractivity contribution in [3.05, 3.63) is 36.4 Å². The molecule has 0 saturated carbocycles. The standard InChI is InChI=1S/C12H9NO2/c13-9-5-7(14)6-11-12(9)8-3-1-2-4-10(8)15-11/h1-6,14H,13H2. The zero-order chi connectivity index (χ0) is 10.4. The molecule has 3 N–H and O–H groups in total. The number of nitrogens with two attached hydrogens (primary N) is 1. The number of furan rings is 1. The lowest BCUT2D eigenvalue weighted by Crippen LogP contribution is -1.84. The minimum atomic E-state index is 0.124. The van der Waals surface area contributed by atoms with Crippen molar-refractivity contribution in [2.45, 2.75) is 0 Å². The number of phenolic OH excluding ortho intramolecular Hbond substituents is 1. The summed E-state index contributed by atoms with van der Waals surface area (Å²) in [6, 6.07) is 10.8. The summed E-state index contributed by atoms with van der Waals surface area (Å²) in [5.74, 6) is 0.124. The molecule has 1 heterocycles. The van der Waals surface area contributed by atoms with Gasteiger partial charge in [-0.25, -0.2) is 0 Å². The van der Waals surface area contributed by atoms with Crippen LogP contribution in [0, 0.1) is 0 Å². The molecule has 0 aliphatic rings. The van der Waals surface area contributed by atoms with Crippen molar-refractivity contribution in [3.8, 4) is 5.75 Å². The molecule has 3 heteroatoms. The molecule has 15 heavy (non-hydrogen) atoms. The zero-order valence-corrected chi connectivity index (χ0v) is 7.90. The van der Waals surface area contributed by atoms with Gasteiger partial charge >= 0.3 is 0 Å². The first-order valence-corrected chi connectivity index (χ1v) is 4.65. The van der Waals surface area contributed by atoms with Crippen molar-refractivity contribution in [1.29, 1.82) is 0 Å². The summed E-state index contributed by atoms with van der Waals surface area (Å²) in [5.41, 5.74) is 7.79. The molecule has 1 aromatic heterocycles. The highest BCUT2D eigenvalue weighted by atomic mass is 16.3. The summed E-state index contributed by atoms with van der Waals surface area (Å²) >= 11 is 0. The first-order chi connectivity index (χ1) is 7.25. The number of nitrogen functional groups attached to an aromatic ring is 1. The van der Waals surface area contributed by atoms with E-state index in [0.717, 1.165) is 16.4 Å². The molecule has 0 bridgehead atoms. The molecule has 2 aromatic carbocycles. The molecule has 3 rings (SSSR count). The van der Waals surface area contributed by atoms with Crippen LogP contribution in [0.4, 0.5) is 5.69 Å². The third-order valence-electron chi connectivity index (χ3n) is 2.49. The highest BCUT2D eigenvalue weighted by molar-refractivity contribution is 6.11. The Morgan fingerprint density at radius 1 is 1.07 bits per heavy atom. The fourth-order valence-electron chi connectivity index (χ4n) is 1.87. The zero-order valence-electron chi connectivity index (χ0n) is 7.90. The summed E-state index contributed by atoms with van der Waals surface area (Å²) in [6.45, 7) is 0. The van der Waals surface area contributed by atoms with Crippen molar-refractivity contribution >= 4 is 27.6 Å². The van der Waals surface area contributed by atoms with Gasteiger partial charge in [0.1, 0.15) is 16.9 Å². The second-order valence-corrected chi connectivity index (χ2v) is 3.51. The molecule has 0 spiro atoms. The highest BCUT2D eigenvalue weighted by Gasteiger charge is 2.09.